The van der Waals surface area contributed by atoms with Crippen molar-refractivity contribution < 1.29 is 15.0 Å². The van der Waals surface area contributed by atoms with E-state index in [9.17, 15) is 9.90 Å². The number of hydrogen-bond acceptors (Lipinski definition) is 2. The summed E-state index contributed by atoms with van der Waals surface area (Å²) in [6.45, 7) is 10.2. The molecule has 1 unspecified atom stereocenters. The lowest BCUT2D eigenvalue weighted by Crippen LogP contribution is -2.42. The fourth-order valence-corrected chi connectivity index (χ4v) is 2.09. The van der Waals surface area contributed by atoms with Crippen molar-refractivity contribution in [3.63, 3.8) is 0 Å². The van der Waals surface area contributed by atoms with Crippen molar-refractivity contribution in [2.24, 2.45) is 16.7 Å². The Hall–Kier alpha value is -0.570. The van der Waals surface area contributed by atoms with Gasteiger partial charge in [0.1, 0.15) is 0 Å². The summed E-state index contributed by atoms with van der Waals surface area (Å²) in [5.41, 5.74) is -1.01. The zero-order valence-electron chi connectivity index (χ0n) is 11.9. The predicted octanol–water partition coefficient (Wildman–Crippen LogP) is 3.31. The summed E-state index contributed by atoms with van der Waals surface area (Å²) >= 11 is 0. The molecule has 3 nitrogen and oxygen atoms in total. The van der Waals surface area contributed by atoms with Crippen LogP contribution in [0, 0.1) is 16.7 Å². The average molecular weight is 244 g/mol. The van der Waals surface area contributed by atoms with Crippen LogP contribution in [-0.4, -0.2) is 22.8 Å². The van der Waals surface area contributed by atoms with Gasteiger partial charge >= 0.3 is 5.97 Å². The van der Waals surface area contributed by atoms with Crippen LogP contribution < -0.4 is 0 Å². The molecule has 1 atom stereocenters. The maximum atomic E-state index is 11.5. The molecule has 0 radical (unpaired) electrons. The van der Waals surface area contributed by atoms with E-state index in [0.29, 0.717) is 18.8 Å². The SMILES string of the molecule is CC(C)CCC(C)(C)C(C)(CCCO)C(=O)O. The maximum absolute atomic E-state index is 11.5. The maximum Gasteiger partial charge on any atom is 0.309 e. The van der Waals surface area contributed by atoms with Crippen LogP contribution in [0.2, 0.25) is 0 Å². The number of rotatable bonds is 8. The van der Waals surface area contributed by atoms with Gasteiger partial charge in [-0.2, -0.15) is 0 Å². The standard InChI is InChI=1S/C14H28O3/c1-11(2)7-9-13(3,4)14(5,12(16)17)8-6-10-15/h11,15H,6-10H2,1-5H3,(H,16,17). The fraction of sp³-hybridized carbons (Fsp3) is 0.929. The second kappa shape index (κ2) is 6.39. The number of carboxylic acid groups (broad SMARTS) is 1. The van der Waals surface area contributed by atoms with Crippen molar-refractivity contribution >= 4 is 5.97 Å². The highest BCUT2D eigenvalue weighted by atomic mass is 16.4. The van der Waals surface area contributed by atoms with E-state index in [1.165, 1.54) is 0 Å². The zero-order chi connectivity index (χ0) is 13.7. The van der Waals surface area contributed by atoms with Crippen molar-refractivity contribution in [2.45, 2.75) is 60.3 Å². The van der Waals surface area contributed by atoms with Crippen LogP contribution in [0.25, 0.3) is 0 Å². The summed E-state index contributed by atoms with van der Waals surface area (Å²) < 4.78 is 0. The first-order valence-corrected chi connectivity index (χ1v) is 6.51. The number of aliphatic carboxylic acids is 1. The molecular weight excluding hydrogens is 216 g/mol. The van der Waals surface area contributed by atoms with E-state index in [2.05, 4.69) is 13.8 Å². The van der Waals surface area contributed by atoms with Crippen molar-refractivity contribution in [1.29, 1.82) is 0 Å². The number of aliphatic hydroxyl groups excluding tert-OH is 1. The highest BCUT2D eigenvalue weighted by Gasteiger charge is 2.46. The van der Waals surface area contributed by atoms with Gasteiger partial charge < -0.3 is 10.2 Å². The van der Waals surface area contributed by atoms with Crippen LogP contribution in [0.3, 0.4) is 0 Å². The lowest BCUT2D eigenvalue weighted by Gasteiger charge is -2.41. The fourth-order valence-electron chi connectivity index (χ4n) is 2.09. The zero-order valence-corrected chi connectivity index (χ0v) is 11.9. The third kappa shape index (κ3) is 4.30. The smallest absolute Gasteiger partial charge is 0.309 e. The molecule has 17 heavy (non-hydrogen) atoms. The quantitative estimate of drug-likeness (QED) is 0.688. The van der Waals surface area contributed by atoms with Gasteiger partial charge in [-0.1, -0.05) is 34.1 Å². The molecule has 0 aliphatic carbocycles. The van der Waals surface area contributed by atoms with E-state index in [-0.39, 0.29) is 12.0 Å². The summed E-state index contributed by atoms with van der Waals surface area (Å²) in [5.74, 6) is -0.162. The Balaban J connectivity index is 4.82. The summed E-state index contributed by atoms with van der Waals surface area (Å²) in [4.78, 5) is 11.5. The number of carboxylic acids is 1. The summed E-state index contributed by atoms with van der Waals surface area (Å²) in [6.07, 6.45) is 3.02. The Morgan fingerprint density at radius 1 is 1.18 bits per heavy atom. The molecule has 0 aromatic rings. The first-order chi connectivity index (χ1) is 7.67. The van der Waals surface area contributed by atoms with Crippen molar-refractivity contribution in [3.05, 3.63) is 0 Å². The summed E-state index contributed by atoms with van der Waals surface area (Å²) in [7, 11) is 0. The van der Waals surface area contributed by atoms with Crippen LogP contribution in [0.1, 0.15) is 60.3 Å². The molecule has 0 aliphatic rings. The van der Waals surface area contributed by atoms with Crippen molar-refractivity contribution in [1.82, 2.24) is 0 Å². The Bertz CT molecular complexity index is 246. The molecule has 0 bridgehead atoms. The molecule has 0 rings (SSSR count). The van der Waals surface area contributed by atoms with Gasteiger partial charge in [0, 0.05) is 6.61 Å². The van der Waals surface area contributed by atoms with Crippen LogP contribution in [0.15, 0.2) is 0 Å². The molecule has 0 aliphatic heterocycles. The molecule has 102 valence electrons. The highest BCUT2D eigenvalue weighted by Crippen LogP contribution is 2.46. The molecule has 0 saturated carbocycles. The van der Waals surface area contributed by atoms with Crippen LogP contribution in [-0.2, 0) is 4.79 Å². The van der Waals surface area contributed by atoms with E-state index in [0.717, 1.165) is 12.8 Å². The largest absolute Gasteiger partial charge is 0.481 e. The Morgan fingerprint density at radius 3 is 2.06 bits per heavy atom. The van der Waals surface area contributed by atoms with Gasteiger partial charge in [0.2, 0.25) is 0 Å². The lowest BCUT2D eigenvalue weighted by molar-refractivity contribution is -0.157. The molecule has 0 aromatic heterocycles. The second-order valence-corrected chi connectivity index (χ2v) is 6.28. The lowest BCUT2D eigenvalue weighted by atomic mass is 9.62. The third-order valence-corrected chi connectivity index (χ3v) is 4.15. The molecule has 3 heteroatoms. The van der Waals surface area contributed by atoms with E-state index >= 15 is 0 Å². The van der Waals surface area contributed by atoms with Gasteiger partial charge in [0.15, 0.2) is 0 Å². The average Bonchev–Trinajstić information content (AvgIpc) is 2.22. The predicted molar refractivity (Wildman–Crippen MR) is 69.9 cm³/mol. The van der Waals surface area contributed by atoms with Crippen LogP contribution >= 0.6 is 0 Å². The van der Waals surface area contributed by atoms with E-state index < -0.39 is 11.4 Å². The third-order valence-electron chi connectivity index (χ3n) is 4.15. The van der Waals surface area contributed by atoms with Crippen LogP contribution in [0.5, 0.6) is 0 Å². The van der Waals surface area contributed by atoms with Gasteiger partial charge in [-0.15, -0.1) is 0 Å². The second-order valence-electron chi connectivity index (χ2n) is 6.28. The van der Waals surface area contributed by atoms with Gasteiger partial charge in [-0.05, 0) is 37.5 Å². The number of carbonyl (C=O) groups is 1. The monoisotopic (exact) mass is 244 g/mol. The minimum absolute atomic E-state index is 0.0587. The Morgan fingerprint density at radius 2 is 1.71 bits per heavy atom. The summed E-state index contributed by atoms with van der Waals surface area (Å²) in [5, 5.41) is 18.4. The van der Waals surface area contributed by atoms with Gasteiger partial charge in [0.25, 0.3) is 0 Å². The van der Waals surface area contributed by atoms with Gasteiger partial charge in [-0.3, -0.25) is 4.79 Å². The first-order valence-electron chi connectivity index (χ1n) is 6.51. The number of hydrogen-bond donors (Lipinski definition) is 2. The van der Waals surface area contributed by atoms with Crippen molar-refractivity contribution in [2.75, 3.05) is 6.61 Å². The molecule has 0 fully saturated rings. The number of aliphatic hydroxyl groups is 1. The topological polar surface area (TPSA) is 57.5 Å². The molecule has 0 aromatic carbocycles. The highest BCUT2D eigenvalue weighted by molar-refractivity contribution is 5.75. The molecular formula is C14H28O3. The molecule has 0 spiro atoms. The molecule has 0 heterocycles. The summed E-state index contributed by atoms with van der Waals surface area (Å²) in [6, 6.07) is 0. The minimum Gasteiger partial charge on any atom is -0.481 e. The van der Waals surface area contributed by atoms with E-state index in [1.54, 1.807) is 0 Å². The van der Waals surface area contributed by atoms with Crippen LogP contribution in [0.4, 0.5) is 0 Å². The Labute approximate surface area is 105 Å². The normalized spacial score (nSPS) is 15.9. The van der Waals surface area contributed by atoms with E-state index in [4.69, 9.17) is 5.11 Å². The minimum atomic E-state index is -0.759. The first kappa shape index (κ1) is 16.4. The van der Waals surface area contributed by atoms with Crippen molar-refractivity contribution in [3.8, 4) is 0 Å². The Kier molecular flexibility index (Phi) is 6.17. The molecule has 2 N–H and O–H groups in total. The molecule has 0 amide bonds. The van der Waals surface area contributed by atoms with Gasteiger partial charge in [-0.25, -0.2) is 0 Å². The van der Waals surface area contributed by atoms with E-state index in [1.807, 2.05) is 20.8 Å². The van der Waals surface area contributed by atoms with Gasteiger partial charge in [0.05, 0.1) is 5.41 Å². The molecule has 0 saturated heterocycles.